The van der Waals surface area contributed by atoms with Gasteiger partial charge in [-0.05, 0) is 61.6 Å². The molecule has 3 atom stereocenters. The zero-order valence-electron chi connectivity index (χ0n) is 22.8. The van der Waals surface area contributed by atoms with Crippen molar-refractivity contribution in [2.45, 2.75) is 64.1 Å². The van der Waals surface area contributed by atoms with Crippen LogP contribution >= 0.6 is 11.6 Å². The van der Waals surface area contributed by atoms with Crippen LogP contribution in [0, 0.1) is 5.82 Å². The summed E-state index contributed by atoms with van der Waals surface area (Å²) in [6, 6.07) is 9.92. The highest BCUT2D eigenvalue weighted by Crippen LogP contribution is 2.25. The molecule has 2 aromatic carbocycles. The molecule has 2 aromatic rings. The lowest BCUT2D eigenvalue weighted by molar-refractivity contribution is -0.137. The van der Waals surface area contributed by atoms with Crippen molar-refractivity contribution in [1.82, 2.24) is 20.9 Å². The number of rotatable bonds is 4. The molecule has 0 radical (unpaired) electrons. The molecule has 10 heteroatoms. The first-order valence-electron chi connectivity index (χ1n) is 13.4. The summed E-state index contributed by atoms with van der Waals surface area (Å²) in [6.45, 7) is 4.51. The summed E-state index contributed by atoms with van der Waals surface area (Å²) in [6.07, 6.45) is 2.59. The summed E-state index contributed by atoms with van der Waals surface area (Å²) in [5.41, 5.74) is 1.66. The fourth-order valence-electron chi connectivity index (χ4n) is 4.49. The second kappa shape index (κ2) is 14.8. The van der Waals surface area contributed by atoms with Crippen LogP contribution in [-0.4, -0.2) is 67.5 Å². The predicted octanol–water partition coefficient (Wildman–Crippen LogP) is 3.25. The Morgan fingerprint density at radius 2 is 1.85 bits per heavy atom. The van der Waals surface area contributed by atoms with Gasteiger partial charge in [0.25, 0.3) is 0 Å². The largest absolute Gasteiger partial charge is 0.489 e. The van der Waals surface area contributed by atoms with E-state index >= 15 is 0 Å². The van der Waals surface area contributed by atoms with Gasteiger partial charge >= 0.3 is 0 Å². The van der Waals surface area contributed by atoms with E-state index in [1.807, 2.05) is 19.9 Å². The third-order valence-corrected chi connectivity index (χ3v) is 6.80. The van der Waals surface area contributed by atoms with Gasteiger partial charge in [0.1, 0.15) is 23.7 Å². The number of aryl methyl sites for hydroxylation is 1. The molecule has 0 spiro atoms. The van der Waals surface area contributed by atoms with E-state index in [0.717, 1.165) is 12.0 Å². The van der Waals surface area contributed by atoms with Crippen molar-refractivity contribution in [2.75, 3.05) is 26.7 Å². The Labute approximate surface area is 234 Å². The number of nitrogens with one attached hydrogen (secondary N) is 3. The summed E-state index contributed by atoms with van der Waals surface area (Å²) < 4.78 is 19.6. The molecule has 39 heavy (non-hydrogen) atoms. The normalized spacial score (nSPS) is 22.1. The van der Waals surface area contributed by atoms with Crippen molar-refractivity contribution < 1.29 is 23.5 Å². The molecule has 0 saturated heterocycles. The zero-order valence-corrected chi connectivity index (χ0v) is 23.5. The van der Waals surface area contributed by atoms with Crippen molar-refractivity contribution in [3.8, 4) is 5.75 Å². The van der Waals surface area contributed by atoms with Gasteiger partial charge in [-0.3, -0.25) is 14.4 Å². The number of halogens is 2. The van der Waals surface area contributed by atoms with Gasteiger partial charge in [-0.25, -0.2) is 4.39 Å². The standard InChI is InChI=1S/C29H38ClFN4O4/c1-4-6-24-29(38)35(3)18-27(36)34-25(15-20-8-12-23(31)13-9-20)28(37)32-14-5-7-21-10-11-22(30)16-26(21)39-19(2)17-33-24/h8-13,16,19,24-25,33H,4-7,14-15,17-18H2,1-3H3,(H,32,37)(H,34,36)/t19-,24+,25-/m1/s1. The highest BCUT2D eigenvalue weighted by atomic mass is 35.5. The smallest absolute Gasteiger partial charge is 0.242 e. The van der Waals surface area contributed by atoms with Crippen LogP contribution in [0.25, 0.3) is 0 Å². The van der Waals surface area contributed by atoms with Crippen molar-refractivity contribution in [3.63, 3.8) is 0 Å². The number of benzene rings is 2. The maximum atomic E-state index is 13.4. The summed E-state index contributed by atoms with van der Waals surface area (Å²) in [4.78, 5) is 40.6. The average Bonchev–Trinajstić information content (AvgIpc) is 2.89. The van der Waals surface area contributed by atoms with E-state index < -0.39 is 18.0 Å². The van der Waals surface area contributed by atoms with Crippen molar-refractivity contribution in [3.05, 3.63) is 64.4 Å². The maximum Gasteiger partial charge on any atom is 0.242 e. The second-order valence-electron chi connectivity index (χ2n) is 9.97. The third-order valence-electron chi connectivity index (χ3n) is 6.57. The number of fused-ring (bicyclic) bond motifs is 1. The van der Waals surface area contributed by atoms with Gasteiger partial charge in [0, 0.05) is 31.6 Å². The molecule has 1 aliphatic heterocycles. The molecule has 0 aliphatic carbocycles. The first-order chi connectivity index (χ1) is 18.7. The molecule has 3 rings (SSSR count). The molecular formula is C29H38ClFN4O4. The Morgan fingerprint density at radius 1 is 1.10 bits per heavy atom. The molecule has 3 amide bonds. The molecule has 3 N–H and O–H groups in total. The van der Waals surface area contributed by atoms with Gasteiger partial charge in [-0.15, -0.1) is 0 Å². The van der Waals surface area contributed by atoms with Crippen LogP contribution in [0.3, 0.4) is 0 Å². The van der Waals surface area contributed by atoms with E-state index in [-0.39, 0.29) is 36.7 Å². The number of likely N-dealkylation sites (N-methyl/N-ethyl adjacent to an activating group) is 1. The van der Waals surface area contributed by atoms with E-state index in [1.54, 1.807) is 31.3 Å². The molecule has 0 unspecified atom stereocenters. The fourth-order valence-corrected chi connectivity index (χ4v) is 4.65. The van der Waals surface area contributed by atoms with Crippen LogP contribution in [0.1, 0.15) is 44.2 Å². The van der Waals surface area contributed by atoms with E-state index in [1.165, 1.54) is 17.0 Å². The van der Waals surface area contributed by atoms with Gasteiger partial charge in [0.05, 0.1) is 12.6 Å². The van der Waals surface area contributed by atoms with Crippen LogP contribution in [0.15, 0.2) is 42.5 Å². The van der Waals surface area contributed by atoms with Crippen LogP contribution in [-0.2, 0) is 27.2 Å². The lowest BCUT2D eigenvalue weighted by Crippen LogP contribution is -2.53. The number of carbonyl (C=O) groups is 3. The van der Waals surface area contributed by atoms with E-state index in [2.05, 4.69) is 16.0 Å². The minimum absolute atomic E-state index is 0.183. The topological polar surface area (TPSA) is 99.8 Å². The van der Waals surface area contributed by atoms with E-state index in [9.17, 15) is 18.8 Å². The summed E-state index contributed by atoms with van der Waals surface area (Å²) >= 11 is 6.23. The summed E-state index contributed by atoms with van der Waals surface area (Å²) in [7, 11) is 1.57. The summed E-state index contributed by atoms with van der Waals surface area (Å²) in [5.74, 6) is -0.738. The Balaban J connectivity index is 1.83. The number of carbonyl (C=O) groups excluding carboxylic acids is 3. The van der Waals surface area contributed by atoms with Crippen molar-refractivity contribution in [2.24, 2.45) is 0 Å². The minimum atomic E-state index is -0.884. The maximum absolute atomic E-state index is 13.4. The molecule has 0 aromatic heterocycles. The molecule has 0 fully saturated rings. The SMILES string of the molecule is CCC[C@@H]1NC[C@@H](C)Oc2cc(Cl)ccc2CCCNC(=O)[C@@H](Cc2ccc(F)cc2)NC(=O)CN(C)C1=O. The Kier molecular flexibility index (Phi) is 11.6. The van der Waals surface area contributed by atoms with Gasteiger partial charge in [-0.1, -0.05) is 43.1 Å². The lowest BCUT2D eigenvalue weighted by atomic mass is 10.0. The quantitative estimate of drug-likeness (QED) is 0.533. The monoisotopic (exact) mass is 560 g/mol. The number of nitrogens with zero attached hydrogens (tertiary/aromatic N) is 1. The van der Waals surface area contributed by atoms with Crippen LogP contribution in [0.4, 0.5) is 4.39 Å². The van der Waals surface area contributed by atoms with Gasteiger partial charge in [0.2, 0.25) is 17.7 Å². The number of amides is 3. The van der Waals surface area contributed by atoms with Gasteiger partial charge in [-0.2, -0.15) is 0 Å². The molecule has 212 valence electrons. The lowest BCUT2D eigenvalue weighted by Gasteiger charge is -2.27. The summed E-state index contributed by atoms with van der Waals surface area (Å²) in [5, 5.41) is 9.52. The van der Waals surface area contributed by atoms with Gasteiger partial charge < -0.3 is 25.6 Å². The number of ether oxygens (including phenoxy) is 1. The van der Waals surface area contributed by atoms with Crippen LogP contribution < -0.4 is 20.7 Å². The zero-order chi connectivity index (χ0) is 28.4. The number of hydrogen-bond acceptors (Lipinski definition) is 5. The fraction of sp³-hybridized carbons (Fsp3) is 0.483. The first-order valence-corrected chi connectivity index (χ1v) is 13.8. The van der Waals surface area contributed by atoms with Crippen molar-refractivity contribution in [1.29, 1.82) is 0 Å². The molecule has 1 aliphatic rings. The van der Waals surface area contributed by atoms with Gasteiger partial charge in [0.15, 0.2) is 0 Å². The van der Waals surface area contributed by atoms with Crippen molar-refractivity contribution >= 4 is 29.3 Å². The highest BCUT2D eigenvalue weighted by molar-refractivity contribution is 6.30. The number of hydrogen-bond donors (Lipinski definition) is 3. The predicted molar refractivity (Wildman–Crippen MR) is 149 cm³/mol. The minimum Gasteiger partial charge on any atom is -0.489 e. The molecular weight excluding hydrogens is 523 g/mol. The van der Waals surface area contributed by atoms with Crippen LogP contribution in [0.2, 0.25) is 5.02 Å². The highest BCUT2D eigenvalue weighted by Gasteiger charge is 2.26. The second-order valence-corrected chi connectivity index (χ2v) is 10.4. The molecule has 0 bridgehead atoms. The van der Waals surface area contributed by atoms with E-state index in [4.69, 9.17) is 16.3 Å². The first kappa shape index (κ1) is 30.4. The van der Waals surface area contributed by atoms with E-state index in [0.29, 0.717) is 48.7 Å². The molecule has 0 saturated carbocycles. The third kappa shape index (κ3) is 9.51. The Hall–Kier alpha value is -3.17. The average molecular weight is 561 g/mol. The Bertz CT molecular complexity index is 1130. The molecule has 8 nitrogen and oxygen atoms in total. The molecule has 1 heterocycles. The Morgan fingerprint density at radius 3 is 2.56 bits per heavy atom. The van der Waals surface area contributed by atoms with Crippen LogP contribution in [0.5, 0.6) is 5.75 Å².